The summed E-state index contributed by atoms with van der Waals surface area (Å²) in [5, 5.41) is 12.0. The van der Waals surface area contributed by atoms with Crippen molar-refractivity contribution in [1.29, 1.82) is 0 Å². The molecule has 2 atom stereocenters. The van der Waals surface area contributed by atoms with Gasteiger partial charge in [0.25, 0.3) is 0 Å². The molecule has 0 spiro atoms. The van der Waals surface area contributed by atoms with Gasteiger partial charge < -0.3 is 5.32 Å². The van der Waals surface area contributed by atoms with E-state index < -0.39 is 0 Å². The minimum absolute atomic E-state index is 0.0845. The highest BCUT2D eigenvalue weighted by atomic mass is 35.5. The summed E-state index contributed by atoms with van der Waals surface area (Å²) in [6.45, 7) is 0. The average Bonchev–Trinajstić information content (AvgIpc) is 2.89. The first-order chi connectivity index (χ1) is 7.84. The van der Waals surface area contributed by atoms with Crippen molar-refractivity contribution in [2.45, 2.75) is 17.8 Å². The Kier molecular flexibility index (Phi) is 2.53. The number of halogens is 1. The quantitative estimate of drug-likeness (QED) is 0.834. The molecule has 1 aromatic heterocycles. The monoisotopic (exact) mass is 251 g/mol. The van der Waals surface area contributed by atoms with E-state index in [1.54, 1.807) is 5.51 Å². The molecule has 0 radical (unpaired) electrons. The molecule has 1 aliphatic carbocycles. The molecule has 3 rings (SSSR count). The van der Waals surface area contributed by atoms with Crippen LogP contribution < -0.4 is 5.32 Å². The van der Waals surface area contributed by atoms with E-state index in [1.807, 2.05) is 6.07 Å². The Balaban J connectivity index is 1.90. The Morgan fingerprint density at radius 1 is 1.38 bits per heavy atom. The van der Waals surface area contributed by atoms with Gasteiger partial charge in [-0.15, -0.1) is 21.8 Å². The fourth-order valence-electron chi connectivity index (χ4n) is 2.08. The highest BCUT2D eigenvalue weighted by Gasteiger charge is 2.31. The van der Waals surface area contributed by atoms with Crippen molar-refractivity contribution in [3.63, 3.8) is 0 Å². The molecule has 1 aromatic carbocycles. The van der Waals surface area contributed by atoms with Crippen molar-refractivity contribution < 1.29 is 0 Å². The van der Waals surface area contributed by atoms with Crippen LogP contribution in [0.3, 0.4) is 0 Å². The van der Waals surface area contributed by atoms with Gasteiger partial charge in [0, 0.05) is 0 Å². The summed E-state index contributed by atoms with van der Waals surface area (Å²) in [5.74, 6) is 0. The van der Waals surface area contributed by atoms with Crippen molar-refractivity contribution >= 4 is 28.1 Å². The number of nitrogens with one attached hydrogen (secondary N) is 1. The van der Waals surface area contributed by atoms with Crippen molar-refractivity contribution in [2.75, 3.05) is 5.32 Å². The first-order valence-electron chi connectivity index (χ1n) is 5.09. The molecule has 16 heavy (non-hydrogen) atoms. The molecule has 0 bridgehead atoms. The summed E-state index contributed by atoms with van der Waals surface area (Å²) in [6, 6.07) is 8.49. The first kappa shape index (κ1) is 10.1. The maximum absolute atomic E-state index is 6.35. The zero-order valence-corrected chi connectivity index (χ0v) is 10.0. The zero-order chi connectivity index (χ0) is 11.0. The molecule has 5 heteroatoms. The second-order valence-corrected chi connectivity index (χ2v) is 5.18. The van der Waals surface area contributed by atoms with E-state index in [2.05, 4.69) is 33.7 Å². The van der Waals surface area contributed by atoms with Crippen molar-refractivity contribution in [3.05, 3.63) is 40.9 Å². The van der Waals surface area contributed by atoms with Gasteiger partial charge in [0.2, 0.25) is 5.13 Å². The molecule has 2 unspecified atom stereocenters. The Hall–Kier alpha value is -1.13. The van der Waals surface area contributed by atoms with E-state index in [9.17, 15) is 0 Å². The largest absolute Gasteiger partial charge is 0.352 e. The second-order valence-electron chi connectivity index (χ2n) is 3.78. The molecule has 0 aliphatic heterocycles. The SMILES string of the molecule is ClC1Cc2ccccc2C1Nc1nncs1. The molecular weight excluding hydrogens is 242 g/mol. The topological polar surface area (TPSA) is 37.8 Å². The molecule has 2 aromatic rings. The molecule has 0 saturated carbocycles. The number of aromatic nitrogens is 2. The van der Waals surface area contributed by atoms with Crippen LogP contribution in [0, 0.1) is 0 Å². The van der Waals surface area contributed by atoms with Gasteiger partial charge in [-0.25, -0.2) is 0 Å². The lowest BCUT2D eigenvalue weighted by Gasteiger charge is -2.15. The Morgan fingerprint density at radius 2 is 2.25 bits per heavy atom. The molecule has 3 nitrogen and oxygen atoms in total. The lowest BCUT2D eigenvalue weighted by atomic mass is 10.1. The fourth-order valence-corrected chi connectivity index (χ4v) is 2.93. The predicted molar refractivity (Wildman–Crippen MR) is 66.1 cm³/mol. The van der Waals surface area contributed by atoms with Gasteiger partial charge >= 0.3 is 0 Å². The summed E-state index contributed by atoms with van der Waals surface area (Å²) in [4.78, 5) is 0. The zero-order valence-electron chi connectivity index (χ0n) is 8.43. The van der Waals surface area contributed by atoms with Crippen LogP contribution in [0.15, 0.2) is 29.8 Å². The maximum atomic E-state index is 6.35. The number of nitrogens with zero attached hydrogens (tertiary/aromatic N) is 2. The Morgan fingerprint density at radius 3 is 3.06 bits per heavy atom. The number of rotatable bonds is 2. The van der Waals surface area contributed by atoms with Crippen LogP contribution in [-0.4, -0.2) is 15.6 Å². The van der Waals surface area contributed by atoms with Crippen molar-refractivity contribution in [3.8, 4) is 0 Å². The van der Waals surface area contributed by atoms with Crippen molar-refractivity contribution in [1.82, 2.24) is 10.2 Å². The molecule has 1 N–H and O–H groups in total. The minimum Gasteiger partial charge on any atom is -0.352 e. The van der Waals surface area contributed by atoms with Crippen LogP contribution in [-0.2, 0) is 6.42 Å². The highest BCUT2D eigenvalue weighted by Crippen LogP contribution is 2.37. The van der Waals surface area contributed by atoms with E-state index in [0.717, 1.165) is 11.6 Å². The Labute approximate surface area is 102 Å². The van der Waals surface area contributed by atoms with Crippen LogP contribution in [0.4, 0.5) is 5.13 Å². The maximum Gasteiger partial charge on any atom is 0.205 e. The van der Waals surface area contributed by atoms with E-state index in [-0.39, 0.29) is 11.4 Å². The van der Waals surface area contributed by atoms with Crippen LogP contribution in [0.5, 0.6) is 0 Å². The van der Waals surface area contributed by atoms with E-state index in [1.165, 1.54) is 22.5 Å². The second kappa shape index (κ2) is 4.03. The van der Waals surface area contributed by atoms with Gasteiger partial charge in [-0.2, -0.15) is 0 Å². The Bertz CT molecular complexity index is 486. The smallest absolute Gasteiger partial charge is 0.205 e. The summed E-state index contributed by atoms with van der Waals surface area (Å²) in [5.41, 5.74) is 4.31. The molecule has 0 fully saturated rings. The van der Waals surface area contributed by atoms with Crippen LogP contribution >= 0.6 is 22.9 Å². The molecular formula is C11H10ClN3S. The van der Waals surface area contributed by atoms with Crippen LogP contribution in [0.25, 0.3) is 0 Å². The summed E-state index contributed by atoms with van der Waals surface area (Å²) >= 11 is 7.85. The molecule has 1 heterocycles. The van der Waals surface area contributed by atoms with Gasteiger partial charge in [0.05, 0.1) is 11.4 Å². The standard InChI is InChI=1S/C11H10ClN3S/c12-9-5-7-3-1-2-4-8(7)10(9)14-11-15-13-6-16-11/h1-4,6,9-10H,5H2,(H,14,15). The van der Waals surface area contributed by atoms with Gasteiger partial charge in [-0.05, 0) is 17.5 Å². The molecule has 82 valence electrons. The fraction of sp³-hybridized carbons (Fsp3) is 0.273. The third-order valence-electron chi connectivity index (χ3n) is 2.81. The highest BCUT2D eigenvalue weighted by molar-refractivity contribution is 7.13. The van der Waals surface area contributed by atoms with E-state index >= 15 is 0 Å². The molecule has 0 amide bonds. The average molecular weight is 252 g/mol. The number of benzene rings is 1. The van der Waals surface area contributed by atoms with E-state index in [0.29, 0.717) is 0 Å². The summed E-state index contributed by atoms with van der Waals surface area (Å²) < 4.78 is 0. The van der Waals surface area contributed by atoms with Gasteiger partial charge in [0.1, 0.15) is 5.51 Å². The number of alkyl halides is 1. The first-order valence-corrected chi connectivity index (χ1v) is 6.41. The predicted octanol–water partition coefficient (Wildman–Crippen LogP) is 2.85. The van der Waals surface area contributed by atoms with Gasteiger partial charge in [-0.1, -0.05) is 35.6 Å². The van der Waals surface area contributed by atoms with E-state index in [4.69, 9.17) is 11.6 Å². The van der Waals surface area contributed by atoms with Gasteiger partial charge in [0.15, 0.2) is 0 Å². The number of anilines is 1. The number of fused-ring (bicyclic) bond motifs is 1. The normalized spacial score (nSPS) is 23.1. The molecule has 1 aliphatic rings. The summed E-state index contributed by atoms with van der Waals surface area (Å²) in [6.07, 6.45) is 0.911. The lowest BCUT2D eigenvalue weighted by Crippen LogP contribution is -2.16. The lowest BCUT2D eigenvalue weighted by molar-refractivity contribution is 0.768. The third-order valence-corrected chi connectivity index (χ3v) is 3.83. The van der Waals surface area contributed by atoms with Crippen LogP contribution in [0.1, 0.15) is 17.2 Å². The number of hydrogen-bond acceptors (Lipinski definition) is 4. The van der Waals surface area contributed by atoms with Crippen molar-refractivity contribution in [2.24, 2.45) is 0 Å². The number of hydrogen-bond donors (Lipinski definition) is 1. The van der Waals surface area contributed by atoms with Gasteiger partial charge in [-0.3, -0.25) is 0 Å². The van der Waals surface area contributed by atoms with Crippen LogP contribution in [0.2, 0.25) is 0 Å². The minimum atomic E-state index is 0.0845. The third kappa shape index (κ3) is 1.68. The summed E-state index contributed by atoms with van der Waals surface area (Å²) in [7, 11) is 0. The molecule has 0 saturated heterocycles.